The molecule has 3 aromatic rings. The van der Waals surface area contributed by atoms with Crippen molar-refractivity contribution in [3.63, 3.8) is 0 Å². The third kappa shape index (κ3) is 2.32. The lowest BCUT2D eigenvalue weighted by molar-refractivity contribution is 0.767. The van der Waals surface area contributed by atoms with E-state index in [9.17, 15) is 0 Å². The number of hydrogen-bond acceptors (Lipinski definition) is 3. The highest BCUT2D eigenvalue weighted by Crippen LogP contribution is 2.24. The van der Waals surface area contributed by atoms with Crippen LogP contribution in [0.15, 0.2) is 42.7 Å². The molecule has 2 heterocycles. The van der Waals surface area contributed by atoms with E-state index in [0.717, 1.165) is 22.4 Å². The van der Waals surface area contributed by atoms with Crippen LogP contribution in [0.4, 0.5) is 0 Å². The lowest BCUT2D eigenvalue weighted by Gasteiger charge is -2.11. The summed E-state index contributed by atoms with van der Waals surface area (Å²) in [5.74, 6) is 0.889. The first-order valence-corrected chi connectivity index (χ1v) is 6.41. The van der Waals surface area contributed by atoms with Crippen LogP contribution in [0, 0.1) is 0 Å². The Hall–Kier alpha value is -1.91. The highest BCUT2D eigenvalue weighted by Gasteiger charge is 2.16. The van der Waals surface area contributed by atoms with Crippen molar-refractivity contribution >= 4 is 22.6 Å². The van der Waals surface area contributed by atoms with Gasteiger partial charge in [0, 0.05) is 24.0 Å². The Morgan fingerprint density at radius 3 is 2.74 bits per heavy atom. The van der Waals surface area contributed by atoms with Crippen LogP contribution in [0.2, 0.25) is 5.02 Å². The van der Waals surface area contributed by atoms with E-state index in [2.05, 4.69) is 15.0 Å². The van der Waals surface area contributed by atoms with Gasteiger partial charge in [-0.05, 0) is 35.9 Å². The molecular weight excluding hydrogens is 260 g/mol. The second-order valence-corrected chi connectivity index (χ2v) is 4.79. The third-order valence-electron chi connectivity index (χ3n) is 3.14. The molecule has 3 rings (SSSR count). The number of nitrogens with two attached hydrogens (primary N) is 1. The van der Waals surface area contributed by atoms with Gasteiger partial charge in [0.2, 0.25) is 0 Å². The van der Waals surface area contributed by atoms with Crippen molar-refractivity contribution < 1.29 is 0 Å². The highest BCUT2D eigenvalue weighted by molar-refractivity contribution is 6.31. The van der Waals surface area contributed by atoms with Crippen molar-refractivity contribution in [3.05, 3.63) is 59.1 Å². The number of aromatic amines is 1. The maximum Gasteiger partial charge on any atom is 0.116 e. The first kappa shape index (κ1) is 12.1. The minimum Gasteiger partial charge on any atom is -0.341 e. The molecule has 3 N–H and O–H groups in total. The molecule has 2 aromatic heterocycles. The fraction of sp³-hybridized carbons (Fsp3) is 0.143. The van der Waals surface area contributed by atoms with Crippen molar-refractivity contribution in [1.29, 1.82) is 0 Å². The summed E-state index contributed by atoms with van der Waals surface area (Å²) in [6.45, 7) is 0.484. The third-order valence-corrected chi connectivity index (χ3v) is 3.37. The first-order chi connectivity index (χ1) is 9.28. The molecule has 4 nitrogen and oxygen atoms in total. The Kier molecular flexibility index (Phi) is 3.19. The van der Waals surface area contributed by atoms with Gasteiger partial charge >= 0.3 is 0 Å². The number of imidazole rings is 1. The minimum absolute atomic E-state index is 0.0363. The van der Waals surface area contributed by atoms with E-state index >= 15 is 0 Å². The molecule has 5 heteroatoms. The summed E-state index contributed by atoms with van der Waals surface area (Å²) in [4.78, 5) is 11.9. The standard InChI is InChI=1S/C14H13ClN4/c15-10-1-2-12-13(7-10)19-14(18-12)11(8-16)9-3-5-17-6-4-9/h1-7,11H,8,16H2,(H,18,19)/t11-/m1/s1. The average molecular weight is 273 g/mol. The molecule has 0 saturated carbocycles. The number of H-pyrrole nitrogens is 1. The average Bonchev–Trinajstić information content (AvgIpc) is 2.83. The molecule has 0 aliphatic heterocycles. The fourth-order valence-corrected chi connectivity index (χ4v) is 2.33. The predicted octanol–water partition coefficient (Wildman–Crippen LogP) is 2.70. The Bertz CT molecular complexity index is 693. The molecule has 0 amide bonds. The van der Waals surface area contributed by atoms with Gasteiger partial charge in [0.25, 0.3) is 0 Å². The predicted molar refractivity (Wildman–Crippen MR) is 76.2 cm³/mol. The summed E-state index contributed by atoms with van der Waals surface area (Å²) in [6.07, 6.45) is 3.52. The molecular formula is C14H13ClN4. The van der Waals surface area contributed by atoms with Crippen LogP contribution in [0.1, 0.15) is 17.3 Å². The van der Waals surface area contributed by atoms with Gasteiger partial charge in [0.15, 0.2) is 0 Å². The SMILES string of the molecule is NC[C@H](c1ccncc1)c1nc2cc(Cl)ccc2[nH]1. The summed E-state index contributed by atoms with van der Waals surface area (Å²) in [5, 5.41) is 0.679. The number of nitrogens with zero attached hydrogens (tertiary/aromatic N) is 2. The second kappa shape index (κ2) is 4.99. The topological polar surface area (TPSA) is 67.6 Å². The summed E-state index contributed by atoms with van der Waals surface area (Å²) in [7, 11) is 0. The van der Waals surface area contributed by atoms with Crippen LogP contribution in [-0.4, -0.2) is 21.5 Å². The van der Waals surface area contributed by atoms with E-state index in [1.54, 1.807) is 12.4 Å². The number of fused-ring (bicyclic) bond motifs is 1. The van der Waals surface area contributed by atoms with Gasteiger partial charge in [-0.1, -0.05) is 11.6 Å². The normalized spacial score (nSPS) is 12.7. The Labute approximate surface area is 115 Å². The maximum atomic E-state index is 5.97. The smallest absolute Gasteiger partial charge is 0.116 e. The Morgan fingerprint density at radius 2 is 2.00 bits per heavy atom. The lowest BCUT2D eigenvalue weighted by Crippen LogP contribution is -2.15. The molecule has 0 aliphatic rings. The van der Waals surface area contributed by atoms with Crippen molar-refractivity contribution in [2.45, 2.75) is 5.92 Å². The van der Waals surface area contributed by atoms with Gasteiger partial charge < -0.3 is 10.7 Å². The number of aromatic nitrogens is 3. The van der Waals surface area contributed by atoms with Crippen LogP contribution in [0.5, 0.6) is 0 Å². The van der Waals surface area contributed by atoms with Gasteiger partial charge in [-0.3, -0.25) is 4.98 Å². The molecule has 0 radical (unpaired) electrons. The van der Waals surface area contributed by atoms with E-state index in [-0.39, 0.29) is 5.92 Å². The molecule has 0 bridgehead atoms. The van der Waals surface area contributed by atoms with Crippen LogP contribution in [0.3, 0.4) is 0 Å². The highest BCUT2D eigenvalue weighted by atomic mass is 35.5. The number of pyridine rings is 1. The zero-order valence-electron chi connectivity index (χ0n) is 10.2. The summed E-state index contributed by atoms with van der Waals surface area (Å²) >= 11 is 5.97. The molecule has 19 heavy (non-hydrogen) atoms. The number of rotatable bonds is 3. The van der Waals surface area contributed by atoms with E-state index < -0.39 is 0 Å². The largest absolute Gasteiger partial charge is 0.341 e. The first-order valence-electron chi connectivity index (χ1n) is 6.03. The van der Waals surface area contributed by atoms with Crippen LogP contribution >= 0.6 is 11.6 Å². The zero-order chi connectivity index (χ0) is 13.2. The van der Waals surface area contributed by atoms with Crippen LogP contribution < -0.4 is 5.73 Å². The van der Waals surface area contributed by atoms with Crippen molar-refractivity contribution in [3.8, 4) is 0 Å². The Morgan fingerprint density at radius 1 is 1.21 bits per heavy atom. The van der Waals surface area contributed by atoms with Crippen LogP contribution in [-0.2, 0) is 0 Å². The van der Waals surface area contributed by atoms with Gasteiger partial charge in [0.1, 0.15) is 5.82 Å². The summed E-state index contributed by atoms with van der Waals surface area (Å²) in [6, 6.07) is 9.52. The lowest BCUT2D eigenvalue weighted by atomic mass is 10.00. The van der Waals surface area contributed by atoms with E-state index in [0.29, 0.717) is 11.6 Å². The van der Waals surface area contributed by atoms with E-state index in [1.807, 2.05) is 30.3 Å². The van der Waals surface area contributed by atoms with Crippen LogP contribution in [0.25, 0.3) is 11.0 Å². The van der Waals surface area contributed by atoms with Gasteiger partial charge in [-0.2, -0.15) is 0 Å². The van der Waals surface area contributed by atoms with Gasteiger partial charge in [0.05, 0.1) is 17.0 Å². The molecule has 0 aliphatic carbocycles. The fourth-order valence-electron chi connectivity index (χ4n) is 2.17. The monoisotopic (exact) mass is 272 g/mol. The molecule has 0 saturated heterocycles. The molecule has 96 valence electrons. The summed E-state index contributed by atoms with van der Waals surface area (Å²) < 4.78 is 0. The van der Waals surface area contributed by atoms with E-state index in [4.69, 9.17) is 17.3 Å². The van der Waals surface area contributed by atoms with Crippen molar-refractivity contribution in [2.24, 2.45) is 5.73 Å². The molecule has 1 atom stereocenters. The van der Waals surface area contributed by atoms with E-state index in [1.165, 1.54) is 0 Å². The number of benzene rings is 1. The quantitative estimate of drug-likeness (QED) is 0.770. The van der Waals surface area contributed by atoms with Gasteiger partial charge in [-0.15, -0.1) is 0 Å². The second-order valence-electron chi connectivity index (χ2n) is 4.35. The molecule has 1 aromatic carbocycles. The number of halogens is 1. The minimum atomic E-state index is 0.0363. The molecule has 0 fully saturated rings. The summed E-state index contributed by atoms with van der Waals surface area (Å²) in [5.41, 5.74) is 8.80. The van der Waals surface area contributed by atoms with Gasteiger partial charge in [-0.25, -0.2) is 4.98 Å². The number of nitrogens with one attached hydrogen (secondary N) is 1. The molecule has 0 spiro atoms. The zero-order valence-corrected chi connectivity index (χ0v) is 10.9. The van der Waals surface area contributed by atoms with Crippen molar-refractivity contribution in [2.75, 3.05) is 6.54 Å². The Balaban J connectivity index is 2.07. The number of hydrogen-bond donors (Lipinski definition) is 2. The maximum absolute atomic E-state index is 5.97. The van der Waals surface area contributed by atoms with Crippen molar-refractivity contribution in [1.82, 2.24) is 15.0 Å². The molecule has 0 unspecified atom stereocenters.